The Morgan fingerprint density at radius 1 is 0.844 bits per heavy atom. The van der Waals surface area contributed by atoms with Crippen molar-refractivity contribution in [3.05, 3.63) is 88.0 Å². The minimum Gasteiger partial charge on any atom is -0.506 e. The lowest BCUT2D eigenvalue weighted by Crippen LogP contribution is -2.30. The zero-order valence-corrected chi connectivity index (χ0v) is 17.2. The standard InChI is InChI=1S/C24H18N2O6/c1-12-3-7-19(13(2)9-12)26-22(29)16-6-4-14(10-17(16)23(26)30)21(28)25-18-11-15(24(31)32)5-8-20(18)27/h3-11,27H,1-2H3,(H,25,28)(H,31,32). The summed E-state index contributed by atoms with van der Waals surface area (Å²) in [4.78, 5) is 50.8. The van der Waals surface area contributed by atoms with Crippen LogP contribution in [0.1, 0.15) is 52.6 Å². The molecule has 0 aliphatic carbocycles. The maximum atomic E-state index is 13.0. The first-order valence-electron chi connectivity index (χ1n) is 9.65. The normalized spacial score (nSPS) is 12.6. The number of aromatic hydroxyl groups is 1. The second kappa shape index (κ2) is 7.66. The first kappa shape index (κ1) is 20.8. The Balaban J connectivity index is 1.65. The second-order valence-corrected chi connectivity index (χ2v) is 7.49. The summed E-state index contributed by atoms with van der Waals surface area (Å²) < 4.78 is 0. The molecule has 160 valence electrons. The number of aryl methyl sites for hydroxylation is 2. The van der Waals surface area contributed by atoms with E-state index in [1.807, 2.05) is 26.0 Å². The van der Waals surface area contributed by atoms with Crippen LogP contribution in [0.4, 0.5) is 11.4 Å². The zero-order valence-electron chi connectivity index (χ0n) is 17.2. The van der Waals surface area contributed by atoms with E-state index in [9.17, 15) is 24.3 Å². The van der Waals surface area contributed by atoms with Gasteiger partial charge < -0.3 is 15.5 Å². The van der Waals surface area contributed by atoms with E-state index in [0.717, 1.165) is 28.2 Å². The number of benzene rings is 3. The van der Waals surface area contributed by atoms with Crippen LogP contribution in [0.15, 0.2) is 54.6 Å². The number of hydrogen-bond acceptors (Lipinski definition) is 5. The quantitative estimate of drug-likeness (QED) is 0.428. The first-order chi connectivity index (χ1) is 15.2. The van der Waals surface area contributed by atoms with E-state index in [4.69, 9.17) is 5.11 Å². The number of fused-ring (bicyclic) bond motifs is 1. The van der Waals surface area contributed by atoms with Crippen LogP contribution in [0.3, 0.4) is 0 Å². The number of rotatable bonds is 4. The molecule has 0 unspecified atom stereocenters. The highest BCUT2D eigenvalue weighted by atomic mass is 16.4. The topological polar surface area (TPSA) is 124 Å². The number of hydrogen-bond donors (Lipinski definition) is 3. The largest absolute Gasteiger partial charge is 0.506 e. The van der Waals surface area contributed by atoms with Crippen molar-refractivity contribution in [2.75, 3.05) is 10.2 Å². The average Bonchev–Trinajstić information content (AvgIpc) is 2.99. The molecule has 1 aliphatic rings. The summed E-state index contributed by atoms with van der Waals surface area (Å²) in [5.74, 6) is -3.21. The van der Waals surface area contributed by atoms with Gasteiger partial charge in [0.25, 0.3) is 17.7 Å². The van der Waals surface area contributed by atoms with Gasteiger partial charge in [0.05, 0.1) is 28.1 Å². The Hall–Kier alpha value is -4.46. The van der Waals surface area contributed by atoms with Crippen LogP contribution in [0.25, 0.3) is 0 Å². The van der Waals surface area contributed by atoms with Gasteiger partial charge >= 0.3 is 5.97 Å². The second-order valence-electron chi connectivity index (χ2n) is 7.49. The van der Waals surface area contributed by atoms with Crippen LogP contribution in [0.5, 0.6) is 5.75 Å². The molecule has 1 heterocycles. The average molecular weight is 430 g/mol. The fourth-order valence-electron chi connectivity index (χ4n) is 3.62. The van der Waals surface area contributed by atoms with Gasteiger partial charge in [0.15, 0.2) is 0 Å². The van der Waals surface area contributed by atoms with Gasteiger partial charge in [-0.1, -0.05) is 17.7 Å². The van der Waals surface area contributed by atoms with Crippen molar-refractivity contribution >= 4 is 35.1 Å². The molecule has 4 rings (SSSR count). The van der Waals surface area contributed by atoms with Crippen molar-refractivity contribution in [2.24, 2.45) is 0 Å². The highest BCUT2D eigenvalue weighted by Crippen LogP contribution is 2.32. The van der Waals surface area contributed by atoms with E-state index in [-0.39, 0.29) is 33.7 Å². The molecule has 3 aromatic carbocycles. The minimum atomic E-state index is -1.21. The smallest absolute Gasteiger partial charge is 0.335 e. The Morgan fingerprint density at radius 3 is 2.22 bits per heavy atom. The SMILES string of the molecule is Cc1ccc(N2C(=O)c3ccc(C(=O)Nc4cc(C(=O)O)ccc4O)cc3C2=O)c(C)c1. The molecule has 1 aliphatic heterocycles. The maximum absolute atomic E-state index is 13.0. The van der Waals surface area contributed by atoms with Gasteiger partial charge in [0.2, 0.25) is 0 Å². The molecular weight excluding hydrogens is 412 g/mol. The lowest BCUT2D eigenvalue weighted by Gasteiger charge is -2.16. The van der Waals surface area contributed by atoms with Crippen molar-refractivity contribution in [3.63, 3.8) is 0 Å². The summed E-state index contributed by atoms with van der Waals surface area (Å²) in [5, 5.41) is 21.5. The van der Waals surface area contributed by atoms with Gasteiger partial charge in [-0.25, -0.2) is 9.69 Å². The third kappa shape index (κ3) is 3.47. The first-order valence-corrected chi connectivity index (χ1v) is 9.65. The number of carbonyl (C=O) groups is 4. The zero-order chi connectivity index (χ0) is 23.2. The number of nitrogens with one attached hydrogen (secondary N) is 1. The maximum Gasteiger partial charge on any atom is 0.335 e. The summed E-state index contributed by atoms with van der Waals surface area (Å²) in [7, 11) is 0. The number of phenolic OH excluding ortho intramolecular Hbond substituents is 1. The van der Waals surface area contributed by atoms with E-state index in [0.29, 0.717) is 5.69 Å². The van der Waals surface area contributed by atoms with Gasteiger partial charge in [-0.3, -0.25) is 14.4 Å². The Morgan fingerprint density at radius 2 is 1.53 bits per heavy atom. The lowest BCUT2D eigenvalue weighted by atomic mass is 10.1. The molecule has 0 radical (unpaired) electrons. The van der Waals surface area contributed by atoms with E-state index in [2.05, 4.69) is 5.32 Å². The summed E-state index contributed by atoms with van der Waals surface area (Å²) in [6, 6.07) is 13.0. The fraction of sp³-hybridized carbons (Fsp3) is 0.0833. The molecule has 0 bridgehead atoms. The van der Waals surface area contributed by atoms with Crippen LogP contribution < -0.4 is 10.2 Å². The molecule has 0 spiro atoms. The van der Waals surface area contributed by atoms with Gasteiger partial charge in [-0.15, -0.1) is 0 Å². The van der Waals surface area contributed by atoms with E-state index in [1.165, 1.54) is 24.3 Å². The third-order valence-corrected chi connectivity index (χ3v) is 5.23. The highest BCUT2D eigenvalue weighted by molar-refractivity contribution is 6.35. The molecule has 0 saturated carbocycles. The Kier molecular flexibility index (Phi) is 4.98. The van der Waals surface area contributed by atoms with Gasteiger partial charge in [-0.05, 0) is 61.9 Å². The lowest BCUT2D eigenvalue weighted by molar-refractivity contribution is 0.0696. The van der Waals surface area contributed by atoms with Crippen molar-refractivity contribution in [1.29, 1.82) is 0 Å². The van der Waals surface area contributed by atoms with Gasteiger partial charge in [0.1, 0.15) is 5.75 Å². The molecule has 3 N–H and O–H groups in total. The van der Waals surface area contributed by atoms with Crippen LogP contribution in [0.2, 0.25) is 0 Å². The molecular formula is C24H18N2O6. The van der Waals surface area contributed by atoms with Crippen LogP contribution in [-0.2, 0) is 0 Å². The van der Waals surface area contributed by atoms with E-state index >= 15 is 0 Å². The van der Waals surface area contributed by atoms with Crippen molar-refractivity contribution < 1.29 is 29.4 Å². The molecule has 3 aromatic rings. The summed E-state index contributed by atoms with van der Waals surface area (Å²) in [5.41, 5.74) is 2.39. The monoisotopic (exact) mass is 430 g/mol. The van der Waals surface area contributed by atoms with Crippen molar-refractivity contribution in [2.45, 2.75) is 13.8 Å². The van der Waals surface area contributed by atoms with E-state index in [1.54, 1.807) is 6.07 Å². The highest BCUT2D eigenvalue weighted by Gasteiger charge is 2.37. The summed E-state index contributed by atoms with van der Waals surface area (Å²) >= 11 is 0. The van der Waals surface area contributed by atoms with Crippen LogP contribution in [-0.4, -0.2) is 33.9 Å². The van der Waals surface area contributed by atoms with Crippen molar-refractivity contribution in [3.8, 4) is 5.75 Å². The third-order valence-electron chi connectivity index (χ3n) is 5.23. The number of phenols is 1. The summed E-state index contributed by atoms with van der Waals surface area (Å²) in [6.45, 7) is 3.72. The van der Waals surface area contributed by atoms with Gasteiger partial charge in [0, 0.05) is 5.56 Å². The number of carboxylic acid groups (broad SMARTS) is 1. The Bertz CT molecular complexity index is 1330. The number of imide groups is 1. The fourth-order valence-corrected chi connectivity index (χ4v) is 3.62. The van der Waals surface area contributed by atoms with Crippen LogP contribution in [0, 0.1) is 13.8 Å². The number of carbonyl (C=O) groups excluding carboxylic acids is 3. The molecule has 0 atom stereocenters. The molecule has 8 nitrogen and oxygen atoms in total. The molecule has 32 heavy (non-hydrogen) atoms. The van der Waals surface area contributed by atoms with Crippen molar-refractivity contribution in [1.82, 2.24) is 0 Å². The number of amides is 3. The number of aromatic carboxylic acids is 1. The molecule has 0 aromatic heterocycles. The molecule has 8 heteroatoms. The summed E-state index contributed by atoms with van der Waals surface area (Å²) in [6.07, 6.45) is 0. The van der Waals surface area contributed by atoms with Crippen LogP contribution >= 0.6 is 0 Å². The number of carboxylic acids is 1. The molecule has 0 fully saturated rings. The predicted octanol–water partition coefficient (Wildman–Crippen LogP) is 3.76. The Labute approximate surface area is 182 Å². The molecule has 0 saturated heterocycles. The number of anilines is 2. The number of nitrogens with zero attached hydrogens (tertiary/aromatic N) is 1. The molecule has 3 amide bonds. The van der Waals surface area contributed by atoms with Gasteiger partial charge in [-0.2, -0.15) is 0 Å². The predicted molar refractivity (Wildman–Crippen MR) is 117 cm³/mol. The van der Waals surface area contributed by atoms with E-state index < -0.39 is 23.7 Å². The minimum absolute atomic E-state index is 0.0764.